The predicted octanol–water partition coefficient (Wildman–Crippen LogP) is 6.44. The molecule has 10 nitrogen and oxygen atoms in total. The lowest BCUT2D eigenvalue weighted by molar-refractivity contribution is -0.119. The summed E-state index contributed by atoms with van der Waals surface area (Å²) in [4.78, 5) is 30.6. The van der Waals surface area contributed by atoms with E-state index in [1.54, 1.807) is 27.7 Å². The number of halogens is 1. The first kappa shape index (κ1) is 33.5. The van der Waals surface area contributed by atoms with Crippen molar-refractivity contribution in [3.8, 4) is 11.1 Å². The van der Waals surface area contributed by atoms with Gasteiger partial charge in [0.25, 0.3) is 5.91 Å². The highest BCUT2D eigenvalue weighted by atomic mass is 28.3. The highest BCUT2D eigenvalue weighted by molar-refractivity contribution is 6.76. The Hall–Kier alpha value is -3.38. The fourth-order valence-electron chi connectivity index (χ4n) is 6.11. The fraction of sp³-hybridized carbons (Fsp3) is 0.594. The van der Waals surface area contributed by atoms with Gasteiger partial charge < -0.3 is 15.8 Å². The molecule has 0 radical (unpaired) electrons. The molecule has 0 aromatic carbocycles. The van der Waals surface area contributed by atoms with Gasteiger partial charge in [0, 0.05) is 43.1 Å². The molecule has 1 atom stereocenters. The molecular formula is C32H48FN7O3Si. The fourth-order valence-corrected chi connectivity index (χ4v) is 6.87. The van der Waals surface area contributed by atoms with Crippen molar-refractivity contribution in [2.45, 2.75) is 105 Å². The second-order valence-corrected chi connectivity index (χ2v) is 19.4. The average Bonchev–Trinajstić information content (AvgIpc) is 3.49. The Balaban J connectivity index is 1.58. The minimum Gasteiger partial charge on any atom is -0.364 e. The van der Waals surface area contributed by atoms with Gasteiger partial charge in [-0.2, -0.15) is 14.6 Å². The minimum absolute atomic E-state index is 0.0117. The van der Waals surface area contributed by atoms with Crippen molar-refractivity contribution in [1.82, 2.24) is 24.5 Å². The maximum atomic E-state index is 15.6. The Morgan fingerprint density at radius 2 is 1.84 bits per heavy atom. The van der Waals surface area contributed by atoms with Gasteiger partial charge in [0.15, 0.2) is 0 Å². The van der Waals surface area contributed by atoms with Crippen LogP contribution in [0, 0.1) is 31.6 Å². The van der Waals surface area contributed by atoms with Crippen LogP contribution in [0.2, 0.25) is 25.7 Å². The zero-order valence-electron chi connectivity index (χ0n) is 27.4. The van der Waals surface area contributed by atoms with E-state index in [4.69, 9.17) is 10.5 Å². The van der Waals surface area contributed by atoms with Crippen LogP contribution in [-0.4, -0.2) is 51.0 Å². The molecular weight excluding hydrogens is 577 g/mol. The number of ether oxygens (including phenoxy) is 1. The van der Waals surface area contributed by atoms with Crippen molar-refractivity contribution in [2.75, 3.05) is 11.9 Å². The molecule has 240 valence electrons. The summed E-state index contributed by atoms with van der Waals surface area (Å²) in [6.45, 7) is 17.6. The summed E-state index contributed by atoms with van der Waals surface area (Å²) < 4.78 is 24.8. The molecule has 3 heterocycles. The Morgan fingerprint density at radius 1 is 1.16 bits per heavy atom. The molecule has 1 fully saturated rings. The van der Waals surface area contributed by atoms with Crippen LogP contribution in [0.3, 0.4) is 0 Å². The van der Waals surface area contributed by atoms with E-state index in [9.17, 15) is 9.59 Å². The van der Waals surface area contributed by atoms with E-state index in [2.05, 4.69) is 47.1 Å². The number of nitrogens with one attached hydrogen (secondary N) is 1. The smallest absolute Gasteiger partial charge is 0.267 e. The summed E-state index contributed by atoms with van der Waals surface area (Å²) in [6, 6.07) is 4.16. The van der Waals surface area contributed by atoms with E-state index in [0.29, 0.717) is 41.6 Å². The lowest BCUT2D eigenvalue weighted by Crippen LogP contribution is -2.32. The average molecular weight is 626 g/mol. The standard InChI is InChI=1S/C32H48FN7O3Si/c1-19(2)40-29(31(34)41)25(17-35-40)28(23-11-9-20(3)10-12-23)32(42)37-26-14-13-24(30(33)36-26)27-21(4)38-39(22(27)5)18-43-15-16-44(6,7)8/h13-14,17,19-20,23,28H,9-12,15-16,18H2,1-8H3,(H2,34,41)(H,36,37,42). The normalized spacial score (nSPS) is 18.0. The van der Waals surface area contributed by atoms with Crippen molar-refractivity contribution < 1.29 is 18.7 Å². The molecule has 3 aromatic heterocycles. The van der Waals surface area contributed by atoms with Gasteiger partial charge >= 0.3 is 0 Å². The summed E-state index contributed by atoms with van der Waals surface area (Å²) in [7, 11) is -1.21. The number of rotatable bonds is 12. The molecule has 2 amide bonds. The number of primary amides is 1. The molecule has 3 aromatic rings. The van der Waals surface area contributed by atoms with E-state index in [-0.39, 0.29) is 29.4 Å². The first-order valence-corrected chi connectivity index (χ1v) is 19.3. The zero-order valence-corrected chi connectivity index (χ0v) is 28.4. The SMILES string of the molecule is Cc1nn(COCC[Si](C)(C)C)c(C)c1-c1ccc(NC(=O)C(c2cnn(C(C)C)c2C(N)=O)C2CCC(C)CC2)nc1F. The first-order chi connectivity index (χ1) is 20.7. The Kier molecular flexibility index (Phi) is 10.4. The van der Waals surface area contributed by atoms with Gasteiger partial charge in [-0.3, -0.25) is 14.3 Å². The van der Waals surface area contributed by atoms with Crippen LogP contribution >= 0.6 is 0 Å². The quantitative estimate of drug-likeness (QED) is 0.135. The van der Waals surface area contributed by atoms with E-state index < -0.39 is 25.8 Å². The molecule has 1 aliphatic rings. The second kappa shape index (κ2) is 13.7. The number of aromatic nitrogens is 5. The maximum Gasteiger partial charge on any atom is 0.267 e. The topological polar surface area (TPSA) is 130 Å². The predicted molar refractivity (Wildman–Crippen MR) is 173 cm³/mol. The van der Waals surface area contributed by atoms with Crippen LogP contribution in [0.4, 0.5) is 10.2 Å². The van der Waals surface area contributed by atoms with Gasteiger partial charge in [0.2, 0.25) is 11.9 Å². The lowest BCUT2D eigenvalue weighted by Gasteiger charge is -2.32. The molecule has 12 heteroatoms. The van der Waals surface area contributed by atoms with Crippen LogP contribution < -0.4 is 11.1 Å². The number of carbonyl (C=O) groups excluding carboxylic acids is 2. The minimum atomic E-state index is -1.21. The maximum absolute atomic E-state index is 15.6. The molecule has 0 saturated heterocycles. The largest absolute Gasteiger partial charge is 0.364 e. The highest BCUT2D eigenvalue weighted by Gasteiger charge is 2.37. The van der Waals surface area contributed by atoms with Crippen LogP contribution in [-0.2, 0) is 16.3 Å². The number of hydrogen-bond acceptors (Lipinski definition) is 6. The molecule has 1 saturated carbocycles. The number of nitrogens with zero attached hydrogens (tertiary/aromatic N) is 5. The monoisotopic (exact) mass is 625 g/mol. The van der Waals surface area contributed by atoms with Crippen LogP contribution in [0.1, 0.15) is 85.9 Å². The van der Waals surface area contributed by atoms with Gasteiger partial charge in [-0.15, -0.1) is 0 Å². The third-order valence-electron chi connectivity index (χ3n) is 8.66. The molecule has 0 spiro atoms. The number of carbonyl (C=O) groups is 2. The Morgan fingerprint density at radius 3 is 2.43 bits per heavy atom. The molecule has 0 bridgehead atoms. The summed E-state index contributed by atoms with van der Waals surface area (Å²) >= 11 is 0. The number of amides is 2. The zero-order chi connectivity index (χ0) is 32.3. The molecule has 44 heavy (non-hydrogen) atoms. The molecule has 4 rings (SSSR count). The molecule has 3 N–H and O–H groups in total. The van der Waals surface area contributed by atoms with Crippen molar-refractivity contribution in [1.29, 1.82) is 0 Å². The number of anilines is 1. The second-order valence-electron chi connectivity index (χ2n) is 13.8. The van der Waals surface area contributed by atoms with E-state index in [1.165, 1.54) is 0 Å². The molecule has 1 unspecified atom stereocenters. The first-order valence-electron chi connectivity index (χ1n) is 15.6. The van der Waals surface area contributed by atoms with Gasteiger partial charge in [0.1, 0.15) is 18.2 Å². The van der Waals surface area contributed by atoms with Crippen LogP contribution in [0.5, 0.6) is 0 Å². The number of nitrogens with two attached hydrogens (primary N) is 1. The van der Waals surface area contributed by atoms with Crippen molar-refractivity contribution in [2.24, 2.45) is 17.6 Å². The van der Waals surface area contributed by atoms with Crippen molar-refractivity contribution in [3.05, 3.63) is 46.9 Å². The van der Waals surface area contributed by atoms with Gasteiger partial charge in [-0.1, -0.05) is 39.4 Å². The lowest BCUT2D eigenvalue weighted by atomic mass is 9.73. The van der Waals surface area contributed by atoms with E-state index in [0.717, 1.165) is 37.4 Å². The van der Waals surface area contributed by atoms with E-state index in [1.807, 2.05) is 27.7 Å². The number of pyridine rings is 1. The van der Waals surface area contributed by atoms with E-state index >= 15 is 4.39 Å². The summed E-state index contributed by atoms with van der Waals surface area (Å²) in [5.74, 6) is -1.71. The van der Waals surface area contributed by atoms with Gasteiger partial charge in [-0.05, 0) is 70.5 Å². The summed E-state index contributed by atoms with van der Waals surface area (Å²) in [6.07, 6.45) is 5.20. The summed E-state index contributed by atoms with van der Waals surface area (Å²) in [5, 5.41) is 11.8. The summed E-state index contributed by atoms with van der Waals surface area (Å²) in [5.41, 5.74) is 8.95. The molecule has 0 aliphatic heterocycles. The van der Waals surface area contributed by atoms with Gasteiger partial charge in [0.05, 0.1) is 17.8 Å². The molecule has 1 aliphatic carbocycles. The Labute approximate surface area is 261 Å². The van der Waals surface area contributed by atoms with Crippen molar-refractivity contribution in [3.63, 3.8) is 0 Å². The van der Waals surface area contributed by atoms with Crippen molar-refractivity contribution >= 4 is 25.7 Å². The third kappa shape index (κ3) is 7.63. The van der Waals surface area contributed by atoms with Crippen LogP contribution in [0.15, 0.2) is 18.3 Å². The third-order valence-corrected chi connectivity index (χ3v) is 10.4. The Bertz CT molecular complexity index is 1490. The number of aryl methyl sites for hydroxylation is 1. The number of hydrogen-bond donors (Lipinski definition) is 2. The highest BCUT2D eigenvalue weighted by Crippen LogP contribution is 2.40. The van der Waals surface area contributed by atoms with Gasteiger partial charge in [-0.25, -0.2) is 9.67 Å². The van der Waals surface area contributed by atoms with Crippen LogP contribution in [0.25, 0.3) is 11.1 Å².